The van der Waals surface area contributed by atoms with E-state index in [1.54, 1.807) is 20.8 Å². The smallest absolute Gasteiger partial charge is 0.410 e. The number of aliphatic hydroxyl groups excluding tert-OH is 1. The molecule has 0 fully saturated rings. The third kappa shape index (κ3) is 5.83. The van der Waals surface area contributed by atoms with Gasteiger partial charge in [-0.3, -0.25) is 9.69 Å². The Morgan fingerprint density at radius 2 is 1.94 bits per heavy atom. The fourth-order valence-electron chi connectivity index (χ4n) is 1.10. The number of rotatable bonds is 5. The van der Waals surface area contributed by atoms with Crippen molar-refractivity contribution in [2.45, 2.75) is 32.4 Å². The number of methoxy groups -OCH3 is 1. The molecule has 0 aromatic carbocycles. The van der Waals surface area contributed by atoms with Crippen LogP contribution in [0.4, 0.5) is 4.79 Å². The van der Waals surface area contributed by atoms with Gasteiger partial charge < -0.3 is 19.9 Å². The highest BCUT2D eigenvalue weighted by Gasteiger charge is 2.29. The predicted molar refractivity (Wildman–Crippen MR) is 64.9 cm³/mol. The van der Waals surface area contributed by atoms with E-state index in [9.17, 15) is 9.59 Å². The lowest BCUT2D eigenvalue weighted by Crippen LogP contribution is -2.51. The van der Waals surface area contributed by atoms with Crippen molar-refractivity contribution in [3.05, 3.63) is 0 Å². The first kappa shape index (κ1) is 16.7. The van der Waals surface area contributed by atoms with Gasteiger partial charge in [0.05, 0.1) is 6.61 Å². The molecule has 0 aliphatic carbocycles. The molecule has 0 spiro atoms. The van der Waals surface area contributed by atoms with Gasteiger partial charge in [-0.25, -0.2) is 4.79 Å². The second-order valence-corrected chi connectivity index (χ2v) is 4.76. The second kappa shape index (κ2) is 7.17. The van der Waals surface area contributed by atoms with Gasteiger partial charge in [0, 0.05) is 14.2 Å². The number of aliphatic hydroxyl groups is 1. The van der Waals surface area contributed by atoms with Crippen molar-refractivity contribution >= 4 is 12.0 Å². The van der Waals surface area contributed by atoms with Crippen LogP contribution in [-0.2, 0) is 14.3 Å². The number of carbonyl (C=O) groups excluding carboxylic acids is 2. The van der Waals surface area contributed by atoms with E-state index < -0.39 is 30.3 Å². The molecule has 0 saturated heterocycles. The summed E-state index contributed by atoms with van der Waals surface area (Å²) in [5.74, 6) is -0.507. The average Bonchev–Trinajstić information content (AvgIpc) is 2.24. The molecule has 106 valence electrons. The molecule has 0 aliphatic heterocycles. The van der Waals surface area contributed by atoms with E-state index in [-0.39, 0.29) is 6.73 Å². The predicted octanol–water partition coefficient (Wildman–Crippen LogP) is -0.0657. The van der Waals surface area contributed by atoms with Crippen LogP contribution < -0.4 is 5.32 Å². The van der Waals surface area contributed by atoms with Crippen molar-refractivity contribution in [1.82, 2.24) is 10.2 Å². The van der Waals surface area contributed by atoms with E-state index in [1.165, 1.54) is 14.2 Å². The van der Waals surface area contributed by atoms with Gasteiger partial charge in [-0.05, 0) is 20.8 Å². The summed E-state index contributed by atoms with van der Waals surface area (Å²) in [5, 5.41) is 11.6. The lowest BCUT2D eigenvalue weighted by atomic mass is 10.2. The lowest BCUT2D eigenvalue weighted by molar-refractivity contribution is -0.128. The van der Waals surface area contributed by atoms with Gasteiger partial charge in [-0.2, -0.15) is 0 Å². The third-order valence-electron chi connectivity index (χ3n) is 2.02. The number of hydrogen-bond donors (Lipinski definition) is 2. The summed E-state index contributed by atoms with van der Waals surface area (Å²) < 4.78 is 9.78. The zero-order valence-corrected chi connectivity index (χ0v) is 11.5. The number of likely N-dealkylation sites (N-methyl/N-ethyl adjacent to an activating group) is 1. The molecule has 0 unspecified atom stereocenters. The molecule has 7 nitrogen and oxygen atoms in total. The maximum Gasteiger partial charge on any atom is 0.410 e. The molecule has 0 heterocycles. The molecule has 0 bridgehead atoms. The molecule has 0 aromatic heterocycles. The number of hydrogen-bond acceptors (Lipinski definition) is 5. The summed E-state index contributed by atoms with van der Waals surface area (Å²) in [5.41, 5.74) is -0.658. The monoisotopic (exact) mass is 262 g/mol. The highest BCUT2D eigenvalue weighted by molar-refractivity contribution is 5.85. The summed E-state index contributed by atoms with van der Waals surface area (Å²) in [6, 6.07) is -1.00. The van der Waals surface area contributed by atoms with Crippen molar-refractivity contribution < 1.29 is 24.2 Å². The maximum atomic E-state index is 11.7. The number of amides is 2. The molecule has 2 amide bonds. The van der Waals surface area contributed by atoms with Crippen molar-refractivity contribution in [3.63, 3.8) is 0 Å². The van der Waals surface area contributed by atoms with Crippen LogP contribution in [0.25, 0.3) is 0 Å². The van der Waals surface area contributed by atoms with E-state index in [0.717, 1.165) is 4.90 Å². The van der Waals surface area contributed by atoms with Crippen molar-refractivity contribution in [2.75, 3.05) is 27.5 Å². The van der Waals surface area contributed by atoms with Crippen LogP contribution in [0.5, 0.6) is 0 Å². The van der Waals surface area contributed by atoms with E-state index in [0.29, 0.717) is 0 Å². The Balaban J connectivity index is 4.55. The molecule has 1 atom stereocenters. The summed E-state index contributed by atoms with van der Waals surface area (Å²) >= 11 is 0. The van der Waals surface area contributed by atoms with E-state index in [1.807, 2.05) is 0 Å². The van der Waals surface area contributed by atoms with Gasteiger partial charge in [0.25, 0.3) is 0 Å². The molecule has 0 aliphatic rings. The van der Waals surface area contributed by atoms with Gasteiger partial charge in [0.15, 0.2) is 0 Å². The molecule has 0 saturated carbocycles. The highest BCUT2D eigenvalue weighted by atomic mass is 16.6. The van der Waals surface area contributed by atoms with E-state index in [4.69, 9.17) is 9.84 Å². The van der Waals surface area contributed by atoms with Gasteiger partial charge >= 0.3 is 6.09 Å². The highest BCUT2D eigenvalue weighted by Crippen LogP contribution is 2.10. The topological polar surface area (TPSA) is 88.1 Å². The first-order valence-electron chi connectivity index (χ1n) is 5.56. The minimum atomic E-state index is -1.00. The van der Waals surface area contributed by atoms with Crippen LogP contribution in [0.2, 0.25) is 0 Å². The quantitative estimate of drug-likeness (QED) is 0.677. The summed E-state index contributed by atoms with van der Waals surface area (Å²) in [6.45, 7) is 4.68. The third-order valence-corrected chi connectivity index (χ3v) is 2.02. The van der Waals surface area contributed by atoms with Crippen molar-refractivity contribution in [3.8, 4) is 0 Å². The van der Waals surface area contributed by atoms with Gasteiger partial charge in [0.2, 0.25) is 5.91 Å². The fraction of sp³-hybridized carbons (Fsp3) is 0.818. The number of nitrogens with zero attached hydrogens (tertiary/aromatic N) is 1. The maximum absolute atomic E-state index is 11.7. The first-order valence-corrected chi connectivity index (χ1v) is 5.56. The zero-order chi connectivity index (χ0) is 14.3. The zero-order valence-electron chi connectivity index (χ0n) is 11.5. The van der Waals surface area contributed by atoms with Gasteiger partial charge in [-0.15, -0.1) is 0 Å². The van der Waals surface area contributed by atoms with Crippen LogP contribution in [0, 0.1) is 0 Å². The normalized spacial score (nSPS) is 12.8. The van der Waals surface area contributed by atoms with Crippen molar-refractivity contribution in [1.29, 1.82) is 0 Å². The molecular formula is C11H22N2O5. The summed E-state index contributed by atoms with van der Waals surface area (Å²) in [6.07, 6.45) is -0.672. The molecule has 2 N–H and O–H groups in total. The van der Waals surface area contributed by atoms with Crippen LogP contribution in [0.3, 0.4) is 0 Å². The van der Waals surface area contributed by atoms with Gasteiger partial charge in [0.1, 0.15) is 18.4 Å². The Hall–Kier alpha value is -1.34. The second-order valence-electron chi connectivity index (χ2n) is 4.76. The van der Waals surface area contributed by atoms with Crippen molar-refractivity contribution in [2.24, 2.45) is 0 Å². The largest absolute Gasteiger partial charge is 0.444 e. The molecule has 0 rings (SSSR count). The Kier molecular flexibility index (Phi) is 6.64. The van der Waals surface area contributed by atoms with Crippen LogP contribution in [-0.4, -0.2) is 61.1 Å². The number of ether oxygens (including phenoxy) is 2. The fourth-order valence-corrected chi connectivity index (χ4v) is 1.10. The molecule has 7 heteroatoms. The minimum Gasteiger partial charge on any atom is -0.444 e. The molecule has 18 heavy (non-hydrogen) atoms. The minimum absolute atomic E-state index is 0.0114. The Labute approximate surface area is 107 Å². The average molecular weight is 262 g/mol. The standard InChI is InChI=1S/C11H22N2O5/c1-11(2,3)18-10(16)13(4)8(6-14)9(15)12-7-17-5/h8,14H,6-7H2,1-5H3,(H,12,15)/t8-/m0/s1. The van der Waals surface area contributed by atoms with E-state index >= 15 is 0 Å². The lowest BCUT2D eigenvalue weighted by Gasteiger charge is -2.28. The first-order chi connectivity index (χ1) is 8.22. The van der Waals surface area contributed by atoms with E-state index in [2.05, 4.69) is 10.1 Å². The summed E-state index contributed by atoms with van der Waals surface area (Å²) in [7, 11) is 2.81. The molecular weight excluding hydrogens is 240 g/mol. The van der Waals surface area contributed by atoms with Crippen LogP contribution in [0.15, 0.2) is 0 Å². The molecule has 0 aromatic rings. The molecule has 0 radical (unpaired) electrons. The van der Waals surface area contributed by atoms with Crippen LogP contribution in [0.1, 0.15) is 20.8 Å². The summed E-state index contributed by atoms with van der Waals surface area (Å²) in [4.78, 5) is 24.4. The van der Waals surface area contributed by atoms with Gasteiger partial charge in [-0.1, -0.05) is 0 Å². The number of carbonyl (C=O) groups is 2. The van der Waals surface area contributed by atoms with Crippen LogP contribution >= 0.6 is 0 Å². The Morgan fingerprint density at radius 3 is 2.33 bits per heavy atom. The SMILES string of the molecule is COCNC(=O)[C@H](CO)N(C)C(=O)OC(C)(C)C. The Bertz CT molecular complexity index is 288. The Morgan fingerprint density at radius 1 is 1.39 bits per heavy atom. The number of nitrogens with one attached hydrogen (secondary N) is 1.